The summed E-state index contributed by atoms with van der Waals surface area (Å²) in [5.74, 6) is 5.32. The van der Waals surface area contributed by atoms with Gasteiger partial charge in [0, 0.05) is 6.42 Å². The summed E-state index contributed by atoms with van der Waals surface area (Å²) in [6, 6.07) is 0. The van der Waals surface area contributed by atoms with Crippen LogP contribution in [0.15, 0.2) is 11.6 Å². The molecule has 1 N–H and O–H groups in total. The fraction of sp³-hybridized carbons (Fsp3) is 0.900. The molecule has 0 spiro atoms. The number of carbonyl (C=O) groups is 1. The molecule has 3 fully saturated rings. The molecule has 0 aromatic heterocycles. The van der Waals surface area contributed by atoms with Crippen molar-refractivity contribution in [3.63, 3.8) is 0 Å². The number of rotatable bonds is 8. The summed E-state index contributed by atoms with van der Waals surface area (Å²) in [7, 11) is 0. The van der Waals surface area contributed by atoms with E-state index in [1.54, 1.807) is 5.57 Å². The van der Waals surface area contributed by atoms with E-state index in [0.717, 1.165) is 41.9 Å². The fourth-order valence-corrected chi connectivity index (χ4v) is 9.33. The Hall–Kier alpha value is -0.790. The third-order valence-electron chi connectivity index (χ3n) is 11.2. The lowest BCUT2D eigenvalue weighted by Crippen LogP contribution is -2.50. The predicted octanol–water partition coefficient (Wildman–Crippen LogP) is 8.51. The first-order chi connectivity index (χ1) is 15.1. The first-order valence-electron chi connectivity index (χ1n) is 14.1. The zero-order chi connectivity index (χ0) is 23.1. The minimum Gasteiger partial charge on any atom is -0.481 e. The second-order valence-electron chi connectivity index (χ2n) is 13.3. The summed E-state index contributed by atoms with van der Waals surface area (Å²) in [4.78, 5) is 11.1. The second-order valence-corrected chi connectivity index (χ2v) is 13.3. The van der Waals surface area contributed by atoms with Gasteiger partial charge in [-0.3, -0.25) is 4.79 Å². The second kappa shape index (κ2) is 9.46. The number of carboxylic acids is 1. The van der Waals surface area contributed by atoms with Crippen molar-refractivity contribution < 1.29 is 9.90 Å². The average molecular weight is 443 g/mol. The van der Waals surface area contributed by atoms with Crippen LogP contribution in [0.5, 0.6) is 0 Å². The Kier molecular flexibility index (Phi) is 7.19. The molecule has 4 aliphatic rings. The first-order valence-corrected chi connectivity index (χ1v) is 14.1. The maximum atomic E-state index is 11.1. The van der Waals surface area contributed by atoms with E-state index in [4.69, 9.17) is 5.11 Å². The Bertz CT molecular complexity index is 708. The summed E-state index contributed by atoms with van der Waals surface area (Å²) >= 11 is 0. The van der Waals surface area contributed by atoms with Crippen molar-refractivity contribution in [2.24, 2.45) is 52.3 Å². The van der Waals surface area contributed by atoms with Crippen molar-refractivity contribution in [2.75, 3.05) is 0 Å². The zero-order valence-corrected chi connectivity index (χ0v) is 21.7. The smallest absolute Gasteiger partial charge is 0.303 e. The molecule has 0 saturated heterocycles. The summed E-state index contributed by atoms with van der Waals surface area (Å²) in [5, 5.41) is 9.11. The Morgan fingerprint density at radius 3 is 2.56 bits per heavy atom. The molecular formula is C30H50O2. The van der Waals surface area contributed by atoms with Crippen LogP contribution < -0.4 is 0 Å². The van der Waals surface area contributed by atoms with Gasteiger partial charge >= 0.3 is 5.97 Å². The van der Waals surface area contributed by atoms with Crippen molar-refractivity contribution in [3.8, 4) is 0 Å². The van der Waals surface area contributed by atoms with E-state index < -0.39 is 5.97 Å². The normalized spacial score (nSPS) is 42.1. The van der Waals surface area contributed by atoms with Gasteiger partial charge in [-0.15, -0.1) is 0 Å². The maximum absolute atomic E-state index is 11.1. The molecule has 0 amide bonds. The van der Waals surface area contributed by atoms with Crippen LogP contribution in [-0.4, -0.2) is 11.1 Å². The third kappa shape index (κ3) is 4.46. The Balaban J connectivity index is 1.44. The maximum Gasteiger partial charge on any atom is 0.303 e. The number of allylic oxidation sites excluding steroid dienone is 2. The topological polar surface area (TPSA) is 37.3 Å². The molecule has 4 rings (SSSR count). The van der Waals surface area contributed by atoms with Crippen LogP contribution in [-0.2, 0) is 4.79 Å². The van der Waals surface area contributed by atoms with E-state index in [1.165, 1.54) is 70.6 Å². The number of hydrogen-bond donors (Lipinski definition) is 1. The van der Waals surface area contributed by atoms with Gasteiger partial charge in [-0.05, 0) is 110 Å². The van der Waals surface area contributed by atoms with Crippen LogP contribution in [0.1, 0.15) is 118 Å². The molecule has 2 heteroatoms. The van der Waals surface area contributed by atoms with Crippen molar-refractivity contribution in [2.45, 2.75) is 118 Å². The Labute approximate surface area is 198 Å². The highest BCUT2D eigenvalue weighted by atomic mass is 16.4. The highest BCUT2D eigenvalue weighted by Crippen LogP contribution is 2.67. The standard InChI is InChI=1S/C30H50O2/c1-20(2)7-6-8-21(3)25-12-13-26-24-11-10-23-19-22(9-14-28(31)32)15-17-29(23,4)27(24)16-18-30(25,26)5/h10,20-22,24-27H,6-9,11-19H2,1-5H3,(H,31,32)/t21-,22?,24?,25-,26?,27?,29+,30-/m1/s1. The van der Waals surface area contributed by atoms with E-state index in [-0.39, 0.29) is 0 Å². The zero-order valence-electron chi connectivity index (χ0n) is 21.7. The van der Waals surface area contributed by atoms with Gasteiger partial charge < -0.3 is 5.11 Å². The van der Waals surface area contributed by atoms with Gasteiger partial charge in [0.25, 0.3) is 0 Å². The number of fused-ring (bicyclic) bond motifs is 5. The van der Waals surface area contributed by atoms with Crippen molar-refractivity contribution in [3.05, 3.63) is 11.6 Å². The van der Waals surface area contributed by atoms with E-state index in [9.17, 15) is 4.79 Å². The molecule has 2 nitrogen and oxygen atoms in total. The van der Waals surface area contributed by atoms with Crippen molar-refractivity contribution in [1.82, 2.24) is 0 Å². The minimum absolute atomic E-state index is 0.345. The van der Waals surface area contributed by atoms with E-state index in [1.807, 2.05) is 0 Å². The van der Waals surface area contributed by atoms with Crippen LogP contribution in [0.3, 0.4) is 0 Å². The van der Waals surface area contributed by atoms with E-state index >= 15 is 0 Å². The Morgan fingerprint density at radius 2 is 1.84 bits per heavy atom. The minimum atomic E-state index is -0.628. The first kappa shape index (κ1) is 24.3. The SMILES string of the molecule is CC(C)CCC[C@@H](C)[C@H]1CCC2C3CC=C4CC(CCC(=O)O)CC[C@]4(C)C3CC[C@@]21C. The lowest BCUT2D eigenvalue weighted by Gasteiger charge is -2.58. The van der Waals surface area contributed by atoms with Crippen LogP contribution in [0.2, 0.25) is 0 Å². The largest absolute Gasteiger partial charge is 0.481 e. The number of carboxylic acid groups (broad SMARTS) is 1. The highest BCUT2D eigenvalue weighted by molar-refractivity contribution is 5.66. The number of aliphatic carboxylic acids is 1. The van der Waals surface area contributed by atoms with Crippen LogP contribution in [0.25, 0.3) is 0 Å². The van der Waals surface area contributed by atoms with Gasteiger partial charge in [0.1, 0.15) is 0 Å². The van der Waals surface area contributed by atoms with Gasteiger partial charge in [0.2, 0.25) is 0 Å². The molecule has 0 heterocycles. The van der Waals surface area contributed by atoms with Crippen LogP contribution >= 0.6 is 0 Å². The molecule has 0 bridgehead atoms. The van der Waals surface area contributed by atoms with Crippen molar-refractivity contribution in [1.29, 1.82) is 0 Å². The summed E-state index contributed by atoms with van der Waals surface area (Å²) in [6.07, 6.45) is 18.9. The monoisotopic (exact) mass is 442 g/mol. The molecular weight excluding hydrogens is 392 g/mol. The number of hydrogen-bond acceptors (Lipinski definition) is 1. The molecule has 3 saturated carbocycles. The third-order valence-corrected chi connectivity index (χ3v) is 11.2. The van der Waals surface area contributed by atoms with Gasteiger partial charge in [-0.1, -0.05) is 65.5 Å². The lowest BCUT2D eigenvalue weighted by atomic mass is 9.46. The van der Waals surface area contributed by atoms with Crippen LogP contribution in [0.4, 0.5) is 0 Å². The molecule has 0 aromatic carbocycles. The van der Waals surface area contributed by atoms with E-state index in [2.05, 4.69) is 40.7 Å². The Morgan fingerprint density at radius 1 is 1.06 bits per heavy atom. The molecule has 0 aliphatic heterocycles. The summed E-state index contributed by atoms with van der Waals surface area (Å²) in [6.45, 7) is 12.6. The quantitative estimate of drug-likeness (QED) is 0.382. The van der Waals surface area contributed by atoms with Gasteiger partial charge in [0.15, 0.2) is 0 Å². The van der Waals surface area contributed by atoms with Gasteiger partial charge in [0.05, 0.1) is 0 Å². The average Bonchev–Trinajstić information content (AvgIpc) is 3.09. The molecule has 4 unspecified atom stereocenters. The highest BCUT2D eigenvalue weighted by Gasteiger charge is 2.59. The van der Waals surface area contributed by atoms with E-state index in [0.29, 0.717) is 23.2 Å². The molecule has 4 aliphatic carbocycles. The van der Waals surface area contributed by atoms with Gasteiger partial charge in [-0.25, -0.2) is 0 Å². The van der Waals surface area contributed by atoms with Crippen molar-refractivity contribution >= 4 is 5.97 Å². The molecule has 0 aromatic rings. The molecule has 0 radical (unpaired) electrons. The summed E-state index contributed by atoms with van der Waals surface area (Å²) in [5.41, 5.74) is 2.67. The van der Waals surface area contributed by atoms with Crippen LogP contribution in [0, 0.1) is 52.3 Å². The molecule has 182 valence electrons. The molecule has 8 atom stereocenters. The van der Waals surface area contributed by atoms with Gasteiger partial charge in [-0.2, -0.15) is 0 Å². The predicted molar refractivity (Wildman–Crippen MR) is 133 cm³/mol. The fourth-order valence-electron chi connectivity index (χ4n) is 9.33. The summed E-state index contributed by atoms with van der Waals surface area (Å²) < 4.78 is 0. The molecule has 32 heavy (non-hydrogen) atoms. The lowest BCUT2D eigenvalue weighted by molar-refractivity contribution is -0.137.